The minimum atomic E-state index is -1.16. The van der Waals surface area contributed by atoms with Gasteiger partial charge >= 0.3 is 0 Å². The number of fused-ring (bicyclic) bond motifs is 1. The van der Waals surface area contributed by atoms with Crippen LogP contribution >= 0.6 is 11.6 Å². The van der Waals surface area contributed by atoms with E-state index >= 15 is 0 Å². The molecule has 0 spiro atoms. The molecule has 0 unspecified atom stereocenters. The van der Waals surface area contributed by atoms with Crippen LogP contribution in [0.2, 0.25) is 5.02 Å². The Kier molecular flexibility index (Phi) is 6.26. The van der Waals surface area contributed by atoms with Gasteiger partial charge in [-0.05, 0) is 49.1 Å². The smallest absolute Gasteiger partial charge is 0.274 e. The zero-order valence-corrected chi connectivity index (χ0v) is 20.4. The van der Waals surface area contributed by atoms with Gasteiger partial charge in [-0.1, -0.05) is 41.9 Å². The van der Waals surface area contributed by atoms with Gasteiger partial charge in [-0.3, -0.25) is 14.4 Å². The van der Waals surface area contributed by atoms with Crippen LogP contribution in [0.3, 0.4) is 0 Å². The van der Waals surface area contributed by atoms with Crippen LogP contribution < -0.4 is 10.6 Å². The van der Waals surface area contributed by atoms with E-state index < -0.39 is 23.2 Å². The van der Waals surface area contributed by atoms with Crippen LogP contribution in [-0.4, -0.2) is 43.8 Å². The molecular formula is C26H25ClFN5O3. The van der Waals surface area contributed by atoms with Gasteiger partial charge in [-0.25, -0.2) is 9.37 Å². The number of carbonyl (C=O) groups is 3. The monoisotopic (exact) mass is 509 g/mol. The van der Waals surface area contributed by atoms with Crippen LogP contribution in [0.25, 0.3) is 0 Å². The summed E-state index contributed by atoms with van der Waals surface area (Å²) in [5, 5.41) is 6.18. The second-order valence-electron chi connectivity index (χ2n) is 9.34. The third-order valence-corrected chi connectivity index (χ3v) is 6.99. The van der Waals surface area contributed by atoms with E-state index in [4.69, 9.17) is 11.6 Å². The van der Waals surface area contributed by atoms with Crippen molar-refractivity contribution in [1.29, 1.82) is 0 Å². The molecule has 10 heteroatoms. The number of nitrogens with one attached hydrogen (secondary N) is 2. The first-order valence-corrected chi connectivity index (χ1v) is 12.1. The summed E-state index contributed by atoms with van der Waals surface area (Å²) in [5.41, 5.74) is 0.334. The molecule has 1 saturated carbocycles. The number of benzene rings is 2. The fraction of sp³-hybridized carbons (Fsp3) is 0.308. The summed E-state index contributed by atoms with van der Waals surface area (Å²) in [7, 11) is 0. The molecule has 2 heterocycles. The number of imidazole rings is 1. The fourth-order valence-corrected chi connectivity index (χ4v) is 4.84. The van der Waals surface area contributed by atoms with Crippen molar-refractivity contribution in [2.24, 2.45) is 0 Å². The molecule has 2 N–H and O–H groups in total. The molecule has 0 radical (unpaired) electrons. The highest BCUT2D eigenvalue weighted by Gasteiger charge is 2.53. The Morgan fingerprint density at radius 2 is 1.92 bits per heavy atom. The van der Waals surface area contributed by atoms with E-state index in [-0.39, 0.29) is 43.0 Å². The number of hydrogen-bond donors (Lipinski definition) is 2. The van der Waals surface area contributed by atoms with Crippen LogP contribution in [0.4, 0.5) is 4.39 Å². The van der Waals surface area contributed by atoms with Gasteiger partial charge in [0.1, 0.15) is 17.1 Å². The van der Waals surface area contributed by atoms with Gasteiger partial charge in [0.05, 0.1) is 12.9 Å². The Hall–Kier alpha value is -3.72. The predicted octanol–water partition coefficient (Wildman–Crippen LogP) is 3.30. The van der Waals surface area contributed by atoms with E-state index in [1.165, 1.54) is 18.5 Å². The van der Waals surface area contributed by atoms with Gasteiger partial charge in [-0.2, -0.15) is 0 Å². The highest BCUT2D eigenvalue weighted by Crippen LogP contribution is 2.39. The number of amides is 3. The Bertz CT molecular complexity index is 1350. The molecule has 1 fully saturated rings. The second-order valence-corrected chi connectivity index (χ2v) is 9.74. The lowest BCUT2D eigenvalue weighted by Gasteiger charge is -2.44. The van der Waals surface area contributed by atoms with Crippen LogP contribution in [0.15, 0.2) is 54.9 Å². The molecule has 186 valence electrons. The molecule has 3 aromatic rings. The molecule has 1 aromatic heterocycles. The quantitative estimate of drug-likeness (QED) is 0.511. The molecule has 36 heavy (non-hydrogen) atoms. The minimum absolute atomic E-state index is 0.0134. The highest BCUT2D eigenvalue weighted by molar-refractivity contribution is 6.31. The fourth-order valence-electron chi connectivity index (χ4n) is 4.64. The van der Waals surface area contributed by atoms with E-state index in [1.54, 1.807) is 34.6 Å². The Labute approximate surface area is 212 Å². The van der Waals surface area contributed by atoms with Crippen molar-refractivity contribution in [3.8, 4) is 0 Å². The minimum Gasteiger partial charge on any atom is -0.350 e. The van der Waals surface area contributed by atoms with Gasteiger partial charge in [0.25, 0.3) is 11.8 Å². The molecule has 0 saturated heterocycles. The normalized spacial score (nSPS) is 19.1. The van der Waals surface area contributed by atoms with Crippen molar-refractivity contribution in [2.75, 3.05) is 0 Å². The number of hydrogen-bond acceptors (Lipinski definition) is 4. The third-order valence-electron chi connectivity index (χ3n) is 6.62. The van der Waals surface area contributed by atoms with Gasteiger partial charge in [-0.15, -0.1) is 0 Å². The van der Waals surface area contributed by atoms with E-state index in [2.05, 4.69) is 15.6 Å². The van der Waals surface area contributed by atoms with Crippen molar-refractivity contribution in [2.45, 2.75) is 51.0 Å². The largest absolute Gasteiger partial charge is 0.350 e. The first-order chi connectivity index (χ1) is 17.3. The summed E-state index contributed by atoms with van der Waals surface area (Å²) in [5.74, 6) is -1.65. The zero-order valence-electron chi connectivity index (χ0n) is 19.6. The molecule has 0 bridgehead atoms. The van der Waals surface area contributed by atoms with Gasteiger partial charge in [0.2, 0.25) is 5.91 Å². The summed E-state index contributed by atoms with van der Waals surface area (Å²) < 4.78 is 15.0. The number of nitrogens with zero attached hydrogens (tertiary/aromatic N) is 3. The van der Waals surface area contributed by atoms with Gasteiger partial charge in [0, 0.05) is 24.2 Å². The Balaban J connectivity index is 1.37. The van der Waals surface area contributed by atoms with Gasteiger partial charge in [0.15, 0.2) is 5.69 Å². The maximum Gasteiger partial charge on any atom is 0.274 e. The van der Waals surface area contributed by atoms with Crippen molar-refractivity contribution in [3.63, 3.8) is 0 Å². The summed E-state index contributed by atoms with van der Waals surface area (Å²) in [6, 6.07) is 13.1. The molecule has 1 atom stereocenters. The molecule has 2 aromatic carbocycles. The Morgan fingerprint density at radius 3 is 2.64 bits per heavy atom. The van der Waals surface area contributed by atoms with Crippen molar-refractivity contribution in [3.05, 3.63) is 88.2 Å². The highest BCUT2D eigenvalue weighted by atomic mass is 35.5. The van der Waals surface area contributed by atoms with Crippen LogP contribution in [0, 0.1) is 5.82 Å². The molecule has 1 aliphatic heterocycles. The van der Waals surface area contributed by atoms with Gasteiger partial charge < -0.3 is 20.1 Å². The molecule has 5 rings (SSSR count). The van der Waals surface area contributed by atoms with Crippen molar-refractivity contribution in [1.82, 2.24) is 25.1 Å². The van der Waals surface area contributed by atoms with Crippen LogP contribution in [-0.2, 0) is 24.4 Å². The first-order valence-electron chi connectivity index (χ1n) is 11.7. The topological polar surface area (TPSA) is 96.3 Å². The zero-order chi connectivity index (χ0) is 25.4. The number of aromatic nitrogens is 2. The Morgan fingerprint density at radius 1 is 1.14 bits per heavy atom. The molecule has 3 amide bonds. The maximum atomic E-state index is 13.7. The second kappa shape index (κ2) is 9.39. The average molecular weight is 510 g/mol. The lowest BCUT2D eigenvalue weighted by atomic mass is 9.93. The average Bonchev–Trinajstić information content (AvgIpc) is 3.59. The van der Waals surface area contributed by atoms with Crippen molar-refractivity contribution < 1.29 is 18.8 Å². The summed E-state index contributed by atoms with van der Waals surface area (Å²) >= 11 is 6.23. The predicted molar refractivity (Wildman–Crippen MR) is 131 cm³/mol. The number of rotatable bonds is 7. The van der Waals surface area contributed by atoms with E-state index in [9.17, 15) is 18.8 Å². The number of carbonyl (C=O) groups excluding carboxylic acids is 3. The lowest BCUT2D eigenvalue weighted by molar-refractivity contribution is -0.133. The standard InChI is InChI=1S/C26H25ClFN5O3/c1-26(25(36)30-13-17-6-2-3-8-20(17)27)14-32-15-31-21(22(32)24(35)33(26)19-9-10-19)23(34)29-12-16-5-4-7-18(28)11-16/h2-8,11,15,19H,9-10,12-14H2,1H3,(H,29,34)(H,30,36)/t26-/m0/s1. The molecule has 8 nitrogen and oxygen atoms in total. The first kappa shape index (κ1) is 24.0. The van der Waals surface area contributed by atoms with Crippen LogP contribution in [0.5, 0.6) is 0 Å². The lowest BCUT2D eigenvalue weighted by Crippen LogP contribution is -2.64. The summed E-state index contributed by atoms with van der Waals surface area (Å²) in [4.78, 5) is 45.8. The van der Waals surface area contributed by atoms with Crippen molar-refractivity contribution >= 4 is 29.3 Å². The molecule has 1 aliphatic carbocycles. The maximum absolute atomic E-state index is 13.7. The molecule has 2 aliphatic rings. The van der Waals surface area contributed by atoms with E-state index in [0.29, 0.717) is 10.6 Å². The van der Waals surface area contributed by atoms with E-state index in [1.807, 2.05) is 18.2 Å². The summed E-state index contributed by atoms with van der Waals surface area (Å²) in [6.07, 6.45) is 2.98. The number of halogens is 2. The SMILES string of the molecule is C[C@@]1(C(=O)NCc2ccccc2Cl)Cn2cnc(C(=O)NCc3cccc(F)c3)c2C(=O)N1C1CC1. The van der Waals surface area contributed by atoms with E-state index in [0.717, 1.165) is 18.4 Å². The van der Waals surface area contributed by atoms with Crippen LogP contribution in [0.1, 0.15) is 51.9 Å². The summed E-state index contributed by atoms with van der Waals surface area (Å²) in [6.45, 7) is 2.21. The third kappa shape index (κ3) is 4.46. The molecular weight excluding hydrogens is 485 g/mol.